The Balaban J connectivity index is 3.88. The topological polar surface area (TPSA) is 62.1 Å². The molecule has 0 bridgehead atoms. The highest BCUT2D eigenvalue weighted by molar-refractivity contribution is 5.79. The van der Waals surface area contributed by atoms with Gasteiger partial charge in [0.2, 0.25) is 0 Å². The summed E-state index contributed by atoms with van der Waals surface area (Å²) < 4.78 is 34.8. The van der Waals surface area contributed by atoms with Gasteiger partial charge in [-0.25, -0.2) is 5.48 Å². The molecule has 86 valence electrons. The van der Waals surface area contributed by atoms with Crippen LogP contribution in [0.1, 0.15) is 19.8 Å². The third-order valence-corrected chi connectivity index (χ3v) is 1.46. The molecule has 1 unspecified atom stereocenters. The fourth-order valence-electron chi connectivity index (χ4n) is 0.803. The number of carbonyl (C=O) groups is 1. The van der Waals surface area contributed by atoms with Gasteiger partial charge in [-0.05, 0) is 6.42 Å². The van der Waals surface area contributed by atoms with Crippen LogP contribution in [0.3, 0.4) is 0 Å². The molecule has 0 radical (unpaired) electrons. The SMILES string of the molecule is CCCC(C#N)C(=O)NOCC(F)(F)F. The van der Waals surface area contributed by atoms with Crippen molar-refractivity contribution < 1.29 is 22.8 Å². The van der Waals surface area contributed by atoms with Crippen molar-refractivity contribution in [2.24, 2.45) is 5.92 Å². The number of nitrogens with zero attached hydrogens (tertiary/aromatic N) is 1. The van der Waals surface area contributed by atoms with Crippen LogP contribution in [0.5, 0.6) is 0 Å². The lowest BCUT2D eigenvalue weighted by molar-refractivity contribution is -0.192. The summed E-state index contributed by atoms with van der Waals surface area (Å²) in [4.78, 5) is 14.9. The molecule has 0 heterocycles. The zero-order valence-electron chi connectivity index (χ0n) is 8.10. The van der Waals surface area contributed by atoms with E-state index in [1.54, 1.807) is 18.5 Å². The Hall–Kier alpha value is -1.29. The van der Waals surface area contributed by atoms with Crippen LogP contribution >= 0.6 is 0 Å². The maximum absolute atomic E-state index is 11.6. The second kappa shape index (κ2) is 6.24. The lowest BCUT2D eigenvalue weighted by atomic mass is 10.1. The normalized spacial score (nSPS) is 13.0. The Morgan fingerprint density at radius 1 is 1.60 bits per heavy atom. The van der Waals surface area contributed by atoms with Crippen LogP contribution in [-0.4, -0.2) is 18.7 Å². The van der Waals surface area contributed by atoms with Crippen LogP contribution in [0.15, 0.2) is 0 Å². The maximum atomic E-state index is 11.6. The molecule has 0 aliphatic heterocycles. The fourth-order valence-corrected chi connectivity index (χ4v) is 0.803. The second-order valence-corrected chi connectivity index (χ2v) is 2.84. The largest absolute Gasteiger partial charge is 0.414 e. The third kappa shape index (κ3) is 6.74. The fraction of sp³-hybridized carbons (Fsp3) is 0.750. The number of rotatable bonds is 5. The first-order valence-corrected chi connectivity index (χ1v) is 4.28. The molecule has 0 aliphatic carbocycles. The molecule has 0 aromatic carbocycles. The number of hydroxylamine groups is 1. The van der Waals surface area contributed by atoms with Crippen LogP contribution in [0.25, 0.3) is 0 Å². The zero-order valence-corrected chi connectivity index (χ0v) is 8.10. The monoisotopic (exact) mass is 224 g/mol. The van der Waals surface area contributed by atoms with E-state index in [1.165, 1.54) is 0 Å². The van der Waals surface area contributed by atoms with Crippen LogP contribution in [0, 0.1) is 17.2 Å². The first-order chi connectivity index (χ1) is 6.90. The van der Waals surface area contributed by atoms with Crippen molar-refractivity contribution in [3.63, 3.8) is 0 Å². The van der Waals surface area contributed by atoms with Gasteiger partial charge in [0.1, 0.15) is 5.92 Å². The molecule has 0 aliphatic rings. The average molecular weight is 224 g/mol. The first-order valence-electron chi connectivity index (χ1n) is 4.28. The standard InChI is InChI=1S/C8H11F3N2O2/c1-2-3-6(4-12)7(14)13-15-5-8(9,10)11/h6H,2-3,5H2,1H3,(H,13,14). The summed E-state index contributed by atoms with van der Waals surface area (Å²) in [5, 5.41) is 8.50. The third-order valence-electron chi connectivity index (χ3n) is 1.46. The van der Waals surface area contributed by atoms with Gasteiger partial charge in [0.25, 0.3) is 5.91 Å². The summed E-state index contributed by atoms with van der Waals surface area (Å²) in [6.45, 7) is 0.192. The summed E-state index contributed by atoms with van der Waals surface area (Å²) in [7, 11) is 0. The minimum absolute atomic E-state index is 0.289. The lowest BCUT2D eigenvalue weighted by Gasteiger charge is -2.10. The summed E-state index contributed by atoms with van der Waals surface area (Å²) in [6, 6.07) is 1.68. The number of halogens is 3. The van der Waals surface area contributed by atoms with Gasteiger partial charge in [0, 0.05) is 0 Å². The van der Waals surface area contributed by atoms with E-state index in [9.17, 15) is 18.0 Å². The van der Waals surface area contributed by atoms with Gasteiger partial charge in [-0.3, -0.25) is 9.63 Å². The number of hydrogen-bond donors (Lipinski definition) is 1. The lowest BCUT2D eigenvalue weighted by Crippen LogP contribution is -2.33. The summed E-state index contributed by atoms with van der Waals surface area (Å²) >= 11 is 0. The highest BCUT2D eigenvalue weighted by Crippen LogP contribution is 2.13. The smallest absolute Gasteiger partial charge is 0.271 e. The molecule has 4 nitrogen and oxygen atoms in total. The second-order valence-electron chi connectivity index (χ2n) is 2.84. The van der Waals surface area contributed by atoms with Crippen molar-refractivity contribution in [3.05, 3.63) is 0 Å². The van der Waals surface area contributed by atoms with Crippen LogP contribution < -0.4 is 5.48 Å². The van der Waals surface area contributed by atoms with E-state index >= 15 is 0 Å². The summed E-state index contributed by atoms with van der Waals surface area (Å²) in [6.07, 6.45) is -3.62. The van der Waals surface area contributed by atoms with E-state index < -0.39 is 24.6 Å². The molecule has 0 aromatic heterocycles. The van der Waals surface area contributed by atoms with Crippen molar-refractivity contribution in [3.8, 4) is 6.07 Å². The minimum Gasteiger partial charge on any atom is -0.271 e. The molecular formula is C8H11F3N2O2. The number of nitriles is 1. The molecule has 0 fully saturated rings. The summed E-state index contributed by atoms with van der Waals surface area (Å²) in [5.41, 5.74) is 1.59. The Morgan fingerprint density at radius 3 is 2.60 bits per heavy atom. The molecule has 7 heteroatoms. The van der Waals surface area contributed by atoms with E-state index in [0.717, 1.165) is 0 Å². The Morgan fingerprint density at radius 2 is 2.20 bits per heavy atom. The van der Waals surface area contributed by atoms with E-state index in [-0.39, 0.29) is 6.42 Å². The molecule has 0 saturated carbocycles. The van der Waals surface area contributed by atoms with Crippen molar-refractivity contribution in [1.29, 1.82) is 5.26 Å². The van der Waals surface area contributed by atoms with Crippen molar-refractivity contribution in [1.82, 2.24) is 5.48 Å². The predicted molar refractivity (Wildman–Crippen MR) is 44.2 cm³/mol. The Labute approximate surface area is 85.0 Å². The number of alkyl halides is 3. The van der Waals surface area contributed by atoms with E-state index in [1.807, 2.05) is 0 Å². The molecule has 0 saturated heterocycles. The Kier molecular flexibility index (Phi) is 5.70. The van der Waals surface area contributed by atoms with Gasteiger partial charge in [-0.2, -0.15) is 18.4 Å². The summed E-state index contributed by atoms with van der Waals surface area (Å²) in [5.74, 6) is -1.81. The van der Waals surface area contributed by atoms with Crippen LogP contribution in [0.2, 0.25) is 0 Å². The Bertz CT molecular complexity index is 247. The van der Waals surface area contributed by atoms with Crippen LogP contribution in [0.4, 0.5) is 13.2 Å². The van der Waals surface area contributed by atoms with Crippen molar-refractivity contribution in [2.45, 2.75) is 25.9 Å². The van der Waals surface area contributed by atoms with E-state index in [2.05, 4.69) is 4.84 Å². The maximum Gasteiger partial charge on any atom is 0.414 e. The van der Waals surface area contributed by atoms with E-state index in [4.69, 9.17) is 5.26 Å². The predicted octanol–water partition coefficient (Wildman–Crippen LogP) is 1.54. The van der Waals surface area contributed by atoms with Crippen molar-refractivity contribution in [2.75, 3.05) is 6.61 Å². The molecular weight excluding hydrogens is 213 g/mol. The molecule has 1 atom stereocenters. The molecule has 1 amide bonds. The molecule has 15 heavy (non-hydrogen) atoms. The molecule has 1 N–H and O–H groups in total. The van der Waals surface area contributed by atoms with E-state index in [0.29, 0.717) is 6.42 Å². The zero-order chi connectivity index (χ0) is 11.9. The van der Waals surface area contributed by atoms with Gasteiger partial charge in [0.15, 0.2) is 6.61 Å². The van der Waals surface area contributed by atoms with Gasteiger partial charge in [-0.15, -0.1) is 0 Å². The minimum atomic E-state index is -4.50. The highest BCUT2D eigenvalue weighted by Gasteiger charge is 2.28. The van der Waals surface area contributed by atoms with Crippen molar-refractivity contribution >= 4 is 5.91 Å². The first kappa shape index (κ1) is 13.7. The number of amides is 1. The van der Waals surface area contributed by atoms with Gasteiger partial charge >= 0.3 is 6.18 Å². The number of nitrogens with one attached hydrogen (secondary N) is 1. The highest BCUT2D eigenvalue weighted by atomic mass is 19.4. The average Bonchev–Trinajstić information content (AvgIpc) is 2.11. The molecule has 0 rings (SSSR count). The molecule has 0 aromatic rings. The molecule has 0 spiro atoms. The van der Waals surface area contributed by atoms with Gasteiger partial charge in [-0.1, -0.05) is 13.3 Å². The van der Waals surface area contributed by atoms with Gasteiger partial charge in [0.05, 0.1) is 6.07 Å². The number of hydrogen-bond acceptors (Lipinski definition) is 3. The van der Waals surface area contributed by atoms with Crippen LogP contribution in [-0.2, 0) is 9.63 Å². The quantitative estimate of drug-likeness (QED) is 0.720. The van der Waals surface area contributed by atoms with Gasteiger partial charge < -0.3 is 0 Å². The number of carbonyl (C=O) groups excluding carboxylic acids is 1.